The van der Waals surface area contributed by atoms with Crippen LogP contribution in [0.2, 0.25) is 0 Å². The monoisotopic (exact) mass is 263 g/mol. The normalized spacial score (nSPS) is 16.8. The molecule has 6 nitrogen and oxygen atoms in total. The summed E-state index contributed by atoms with van der Waals surface area (Å²) in [7, 11) is 0. The molecule has 6 heteroatoms. The maximum Gasteiger partial charge on any atom is 0.337 e. The number of hydrogen-bond acceptors (Lipinski definition) is 4. The van der Waals surface area contributed by atoms with Crippen molar-refractivity contribution < 1.29 is 24.6 Å². The lowest BCUT2D eigenvalue weighted by Crippen LogP contribution is -2.43. The van der Waals surface area contributed by atoms with Gasteiger partial charge in [-0.25, -0.2) is 9.69 Å². The van der Waals surface area contributed by atoms with Crippen LogP contribution in [0.4, 0.5) is 5.69 Å². The van der Waals surface area contributed by atoms with Gasteiger partial charge in [-0.2, -0.15) is 0 Å². The van der Waals surface area contributed by atoms with E-state index < -0.39 is 17.8 Å². The minimum atomic E-state index is -1.30. The summed E-state index contributed by atoms with van der Waals surface area (Å²) in [5.74, 6) is -2.41. The van der Waals surface area contributed by atoms with Gasteiger partial charge in [-0.3, -0.25) is 9.59 Å². The van der Waals surface area contributed by atoms with E-state index in [-0.39, 0.29) is 35.8 Å². The van der Waals surface area contributed by atoms with Crippen molar-refractivity contribution in [1.29, 1.82) is 0 Å². The van der Waals surface area contributed by atoms with E-state index >= 15 is 0 Å². The Balaban J connectivity index is 2.49. The average Bonchev–Trinajstić information content (AvgIpc) is 2.29. The number of anilines is 1. The Hall–Kier alpha value is -2.37. The fraction of sp³-hybridized carbons (Fsp3) is 0.308. The van der Waals surface area contributed by atoms with E-state index in [0.29, 0.717) is 0 Å². The van der Waals surface area contributed by atoms with Crippen LogP contribution >= 0.6 is 0 Å². The second-order valence-electron chi connectivity index (χ2n) is 4.64. The third kappa shape index (κ3) is 2.42. The molecule has 2 rings (SSSR count). The molecule has 1 aliphatic heterocycles. The van der Waals surface area contributed by atoms with Gasteiger partial charge in [-0.05, 0) is 24.1 Å². The molecular weight excluding hydrogens is 250 g/mol. The van der Waals surface area contributed by atoms with Crippen LogP contribution in [0.5, 0.6) is 5.75 Å². The predicted molar refractivity (Wildman–Crippen MR) is 66.0 cm³/mol. The van der Waals surface area contributed by atoms with E-state index in [1.807, 2.05) is 0 Å². The van der Waals surface area contributed by atoms with E-state index in [1.54, 1.807) is 6.92 Å². The van der Waals surface area contributed by atoms with Crippen molar-refractivity contribution in [2.24, 2.45) is 5.92 Å². The third-order valence-electron chi connectivity index (χ3n) is 3.00. The van der Waals surface area contributed by atoms with Crippen LogP contribution in [-0.2, 0) is 9.59 Å². The van der Waals surface area contributed by atoms with Gasteiger partial charge in [0.25, 0.3) is 0 Å². The Morgan fingerprint density at radius 2 is 1.84 bits per heavy atom. The SMILES string of the molecule is CC1CC(=O)N(c2ccc(O)cc2C(=O)O)C(=O)C1. The zero-order valence-corrected chi connectivity index (χ0v) is 10.3. The fourth-order valence-electron chi connectivity index (χ4n) is 2.15. The van der Waals surface area contributed by atoms with Crippen molar-refractivity contribution in [3.63, 3.8) is 0 Å². The quantitative estimate of drug-likeness (QED) is 0.786. The highest BCUT2D eigenvalue weighted by Crippen LogP contribution is 2.30. The molecule has 1 saturated heterocycles. The first-order valence-electron chi connectivity index (χ1n) is 5.82. The largest absolute Gasteiger partial charge is 0.508 e. The summed E-state index contributed by atoms with van der Waals surface area (Å²) >= 11 is 0. The van der Waals surface area contributed by atoms with Gasteiger partial charge in [0, 0.05) is 12.8 Å². The standard InChI is InChI=1S/C13H13NO5/c1-7-4-11(16)14(12(17)5-7)10-3-2-8(15)6-9(10)13(18)19/h2-3,6-7,15H,4-5H2,1H3,(H,18,19). The molecule has 1 heterocycles. The number of rotatable bonds is 2. The molecule has 2 N–H and O–H groups in total. The lowest BCUT2D eigenvalue weighted by atomic mass is 9.96. The van der Waals surface area contributed by atoms with E-state index in [0.717, 1.165) is 11.0 Å². The van der Waals surface area contributed by atoms with Gasteiger partial charge >= 0.3 is 5.97 Å². The maximum atomic E-state index is 11.9. The molecule has 0 spiro atoms. The Morgan fingerprint density at radius 3 is 2.37 bits per heavy atom. The van der Waals surface area contributed by atoms with Crippen LogP contribution in [0.25, 0.3) is 0 Å². The van der Waals surface area contributed by atoms with Gasteiger partial charge in [-0.15, -0.1) is 0 Å². The number of carboxylic acids is 1. The second-order valence-corrected chi connectivity index (χ2v) is 4.64. The number of amides is 2. The number of aromatic carboxylic acids is 1. The number of aromatic hydroxyl groups is 1. The fourth-order valence-corrected chi connectivity index (χ4v) is 2.15. The van der Waals surface area contributed by atoms with Gasteiger partial charge in [0.2, 0.25) is 11.8 Å². The van der Waals surface area contributed by atoms with Crippen molar-refractivity contribution in [3.8, 4) is 5.75 Å². The number of phenols is 1. The van der Waals surface area contributed by atoms with E-state index in [4.69, 9.17) is 5.11 Å². The molecule has 1 aromatic rings. The molecule has 0 radical (unpaired) electrons. The first kappa shape index (κ1) is 13.1. The van der Waals surface area contributed by atoms with Crippen LogP contribution in [0.1, 0.15) is 30.1 Å². The van der Waals surface area contributed by atoms with E-state index in [2.05, 4.69) is 0 Å². The summed E-state index contributed by atoms with van der Waals surface area (Å²) in [5, 5.41) is 18.4. The van der Waals surface area contributed by atoms with Crippen LogP contribution in [0.15, 0.2) is 18.2 Å². The van der Waals surface area contributed by atoms with Crippen LogP contribution in [0, 0.1) is 5.92 Å². The third-order valence-corrected chi connectivity index (χ3v) is 3.00. The molecule has 0 saturated carbocycles. The first-order valence-corrected chi connectivity index (χ1v) is 5.82. The molecular formula is C13H13NO5. The molecule has 100 valence electrons. The van der Waals surface area contributed by atoms with Crippen molar-refractivity contribution in [3.05, 3.63) is 23.8 Å². The van der Waals surface area contributed by atoms with Crippen molar-refractivity contribution in [1.82, 2.24) is 0 Å². The zero-order valence-electron chi connectivity index (χ0n) is 10.3. The predicted octanol–water partition coefficient (Wildman–Crippen LogP) is 1.38. The molecule has 2 amide bonds. The number of carboxylic acid groups (broad SMARTS) is 1. The summed E-state index contributed by atoms with van der Waals surface area (Å²) in [6.07, 6.45) is 0.400. The van der Waals surface area contributed by atoms with Gasteiger partial charge in [-0.1, -0.05) is 6.92 Å². The summed E-state index contributed by atoms with van der Waals surface area (Å²) in [6.45, 7) is 1.79. The van der Waals surface area contributed by atoms with Crippen molar-refractivity contribution in [2.75, 3.05) is 4.90 Å². The Bertz CT molecular complexity index is 548. The molecule has 1 aliphatic rings. The molecule has 0 atom stereocenters. The molecule has 1 fully saturated rings. The second kappa shape index (κ2) is 4.72. The van der Waals surface area contributed by atoms with Gasteiger partial charge in [0.05, 0.1) is 11.3 Å². The average molecular weight is 263 g/mol. The van der Waals surface area contributed by atoms with Gasteiger partial charge < -0.3 is 10.2 Å². The van der Waals surface area contributed by atoms with E-state index in [9.17, 15) is 19.5 Å². The highest BCUT2D eigenvalue weighted by Gasteiger charge is 2.33. The van der Waals surface area contributed by atoms with Gasteiger partial charge in [0.1, 0.15) is 5.75 Å². The number of benzene rings is 1. The van der Waals surface area contributed by atoms with Crippen molar-refractivity contribution >= 4 is 23.5 Å². The minimum Gasteiger partial charge on any atom is -0.508 e. The van der Waals surface area contributed by atoms with Crippen molar-refractivity contribution in [2.45, 2.75) is 19.8 Å². The molecule has 0 bridgehead atoms. The summed E-state index contributed by atoms with van der Waals surface area (Å²) in [5.41, 5.74) is -0.261. The summed E-state index contributed by atoms with van der Waals surface area (Å²) < 4.78 is 0. The van der Waals surface area contributed by atoms with Gasteiger partial charge in [0.15, 0.2) is 0 Å². The summed E-state index contributed by atoms with van der Waals surface area (Å²) in [6, 6.07) is 3.54. The van der Waals surface area contributed by atoms with Crippen LogP contribution in [-0.4, -0.2) is 28.0 Å². The molecule has 0 unspecified atom stereocenters. The van der Waals surface area contributed by atoms with Crippen LogP contribution < -0.4 is 4.90 Å². The Kier molecular flexibility index (Phi) is 3.25. The molecule has 19 heavy (non-hydrogen) atoms. The number of phenolic OH excluding ortho intramolecular Hbond substituents is 1. The number of carbonyl (C=O) groups excluding carboxylic acids is 2. The first-order chi connectivity index (χ1) is 8.90. The molecule has 0 aromatic heterocycles. The number of piperidine rings is 1. The topological polar surface area (TPSA) is 94.9 Å². The number of carbonyl (C=O) groups is 3. The highest BCUT2D eigenvalue weighted by molar-refractivity contribution is 6.19. The number of imide groups is 1. The number of nitrogens with zero attached hydrogens (tertiary/aromatic N) is 1. The molecule has 0 aliphatic carbocycles. The minimum absolute atomic E-state index is 0.00667. The molecule has 1 aromatic carbocycles. The maximum absolute atomic E-state index is 11.9. The van der Waals surface area contributed by atoms with Crippen LogP contribution in [0.3, 0.4) is 0 Å². The Morgan fingerprint density at radius 1 is 1.26 bits per heavy atom. The highest BCUT2D eigenvalue weighted by atomic mass is 16.4. The number of hydrogen-bond donors (Lipinski definition) is 2. The summed E-state index contributed by atoms with van der Waals surface area (Å²) in [4.78, 5) is 35.9. The zero-order chi connectivity index (χ0) is 14.2. The lowest BCUT2D eigenvalue weighted by molar-refractivity contribution is -0.130. The smallest absolute Gasteiger partial charge is 0.337 e. The Labute approximate surface area is 109 Å². The lowest BCUT2D eigenvalue weighted by Gasteiger charge is -2.29. The van der Waals surface area contributed by atoms with E-state index in [1.165, 1.54) is 12.1 Å².